The second-order valence-corrected chi connectivity index (χ2v) is 17.2. The molecule has 0 spiro atoms. The lowest BCUT2D eigenvalue weighted by Crippen LogP contribution is -2.04. The summed E-state index contributed by atoms with van der Waals surface area (Å²) in [4.78, 5) is 16.4. The normalized spacial score (nSPS) is 11.9. The van der Waals surface area contributed by atoms with Crippen LogP contribution in [0.15, 0.2) is 229 Å². The van der Waals surface area contributed by atoms with Crippen LogP contribution < -0.4 is 0 Å². The smallest absolute Gasteiger partial charge is 0.166 e. The van der Waals surface area contributed by atoms with E-state index in [0.717, 1.165) is 94.0 Å². The topological polar surface area (TPSA) is 61.7 Å². The Labute approximate surface area is 384 Å². The number of para-hydroxylation sites is 4. The third kappa shape index (κ3) is 5.86. The molecule has 0 unspecified atom stereocenters. The lowest BCUT2D eigenvalue weighted by molar-refractivity contribution is 0.669. The standard InChI is InChI=1S/C61H37N5O/c1-3-15-38(16-4-1)39-27-29-40(30-28-39)59-62-60(43-31-32-52-48(36-43)45-21-9-12-24-50(45)65(52)44-19-5-2-6-20-44)64-61(63-59)58-53(33-34-56-57(58)47-23-11-14-26-55(47)67-56)66-51-25-13-10-22-46(51)49-35-41-17-7-8-18-42(41)37-54(49)66/h1-37H. The summed E-state index contributed by atoms with van der Waals surface area (Å²) >= 11 is 0. The number of nitrogens with zero attached hydrogens (tertiary/aromatic N) is 5. The van der Waals surface area contributed by atoms with Gasteiger partial charge in [0.25, 0.3) is 0 Å². The van der Waals surface area contributed by atoms with E-state index in [4.69, 9.17) is 19.4 Å². The fraction of sp³-hybridized carbons (Fsp3) is 0. The van der Waals surface area contributed by atoms with E-state index >= 15 is 0 Å². The maximum atomic E-state index is 6.65. The SMILES string of the molecule is c1ccc(-c2ccc(-c3nc(-c4ccc5c(c4)c4ccccc4n5-c4ccccc4)nc(-c4c(-n5c6ccccc6c6cc7ccccc7cc65)ccc5oc6ccccc6c45)n3)cc2)cc1. The van der Waals surface area contributed by atoms with Gasteiger partial charge < -0.3 is 13.6 Å². The Bertz CT molecular complexity index is 4260. The zero-order valence-corrected chi connectivity index (χ0v) is 36.0. The molecule has 0 aliphatic carbocycles. The van der Waals surface area contributed by atoms with Gasteiger partial charge in [-0.05, 0) is 94.7 Å². The minimum Gasteiger partial charge on any atom is -0.456 e. The van der Waals surface area contributed by atoms with Gasteiger partial charge in [0.15, 0.2) is 17.5 Å². The predicted molar refractivity (Wildman–Crippen MR) is 275 cm³/mol. The number of rotatable bonds is 6. The molecule has 14 rings (SSSR count). The van der Waals surface area contributed by atoms with Gasteiger partial charge in [0.2, 0.25) is 0 Å². The van der Waals surface area contributed by atoms with Crippen molar-refractivity contribution in [3.63, 3.8) is 0 Å². The van der Waals surface area contributed by atoms with Crippen molar-refractivity contribution in [2.75, 3.05) is 0 Å². The number of hydrogen-bond acceptors (Lipinski definition) is 4. The molecule has 6 nitrogen and oxygen atoms in total. The van der Waals surface area contributed by atoms with E-state index in [-0.39, 0.29) is 0 Å². The van der Waals surface area contributed by atoms with Crippen molar-refractivity contribution in [3.05, 3.63) is 224 Å². The van der Waals surface area contributed by atoms with Gasteiger partial charge >= 0.3 is 0 Å². The predicted octanol–water partition coefficient (Wildman–Crippen LogP) is 15.8. The fourth-order valence-corrected chi connectivity index (χ4v) is 10.3. The molecule has 4 aromatic heterocycles. The molecule has 0 saturated carbocycles. The molecule has 10 aromatic carbocycles. The molecule has 0 atom stereocenters. The maximum absolute atomic E-state index is 6.65. The van der Waals surface area contributed by atoms with Crippen molar-refractivity contribution in [1.29, 1.82) is 0 Å². The first-order valence-electron chi connectivity index (χ1n) is 22.6. The maximum Gasteiger partial charge on any atom is 0.166 e. The van der Waals surface area contributed by atoms with Crippen molar-refractivity contribution in [2.24, 2.45) is 0 Å². The Morgan fingerprint density at radius 1 is 0.313 bits per heavy atom. The Hall–Kier alpha value is -9.13. The van der Waals surface area contributed by atoms with Crippen molar-refractivity contribution in [3.8, 4) is 56.7 Å². The largest absolute Gasteiger partial charge is 0.456 e. The number of furan rings is 1. The molecule has 0 saturated heterocycles. The Morgan fingerprint density at radius 2 is 0.851 bits per heavy atom. The zero-order valence-electron chi connectivity index (χ0n) is 36.0. The molecule has 0 bridgehead atoms. The summed E-state index contributed by atoms with van der Waals surface area (Å²) in [7, 11) is 0. The van der Waals surface area contributed by atoms with Gasteiger partial charge in [-0.2, -0.15) is 0 Å². The van der Waals surface area contributed by atoms with E-state index in [1.54, 1.807) is 0 Å². The highest BCUT2D eigenvalue weighted by Crippen LogP contribution is 2.44. The average molecular weight is 856 g/mol. The summed E-state index contributed by atoms with van der Waals surface area (Å²) in [5.41, 5.74) is 13.0. The van der Waals surface area contributed by atoms with Crippen LogP contribution in [0.1, 0.15) is 0 Å². The lowest BCUT2D eigenvalue weighted by Gasteiger charge is -2.16. The first-order chi connectivity index (χ1) is 33.2. The number of aromatic nitrogens is 5. The molecule has 0 amide bonds. The van der Waals surface area contributed by atoms with Crippen LogP contribution in [-0.4, -0.2) is 24.1 Å². The molecular formula is C61H37N5O. The van der Waals surface area contributed by atoms with E-state index in [2.05, 4.69) is 215 Å². The van der Waals surface area contributed by atoms with Crippen LogP contribution >= 0.6 is 0 Å². The molecule has 4 heterocycles. The first kappa shape index (κ1) is 37.3. The molecule has 312 valence electrons. The van der Waals surface area contributed by atoms with Crippen molar-refractivity contribution in [1.82, 2.24) is 24.1 Å². The van der Waals surface area contributed by atoms with Crippen molar-refractivity contribution in [2.45, 2.75) is 0 Å². The van der Waals surface area contributed by atoms with E-state index in [1.165, 1.54) is 21.5 Å². The van der Waals surface area contributed by atoms with Gasteiger partial charge in [-0.1, -0.05) is 152 Å². The molecule has 0 radical (unpaired) electrons. The molecule has 6 heteroatoms. The molecule has 67 heavy (non-hydrogen) atoms. The highest BCUT2D eigenvalue weighted by atomic mass is 16.3. The quantitative estimate of drug-likeness (QED) is 0.167. The molecule has 0 fully saturated rings. The third-order valence-electron chi connectivity index (χ3n) is 13.4. The van der Waals surface area contributed by atoms with Gasteiger partial charge in [-0.15, -0.1) is 0 Å². The molecule has 14 aromatic rings. The summed E-state index contributed by atoms with van der Waals surface area (Å²) in [6.45, 7) is 0. The van der Waals surface area contributed by atoms with Gasteiger partial charge in [0, 0.05) is 49.1 Å². The van der Waals surface area contributed by atoms with Crippen LogP contribution in [0.5, 0.6) is 0 Å². The summed E-state index contributed by atoms with van der Waals surface area (Å²) < 4.78 is 11.4. The Balaban J connectivity index is 1.07. The van der Waals surface area contributed by atoms with E-state index in [9.17, 15) is 0 Å². The van der Waals surface area contributed by atoms with Crippen LogP contribution in [0.25, 0.3) is 133 Å². The van der Waals surface area contributed by atoms with E-state index in [1.807, 2.05) is 18.2 Å². The third-order valence-corrected chi connectivity index (χ3v) is 13.4. The van der Waals surface area contributed by atoms with Crippen molar-refractivity contribution >= 4 is 76.3 Å². The van der Waals surface area contributed by atoms with Crippen LogP contribution in [-0.2, 0) is 0 Å². The summed E-state index contributed by atoms with van der Waals surface area (Å²) in [6.07, 6.45) is 0. The highest BCUT2D eigenvalue weighted by Gasteiger charge is 2.25. The summed E-state index contributed by atoms with van der Waals surface area (Å²) in [5.74, 6) is 1.71. The fourth-order valence-electron chi connectivity index (χ4n) is 10.3. The molecular weight excluding hydrogens is 819 g/mol. The number of benzene rings is 10. The monoisotopic (exact) mass is 855 g/mol. The van der Waals surface area contributed by atoms with Crippen LogP contribution in [0, 0.1) is 0 Å². The zero-order chi connectivity index (χ0) is 44.0. The Kier molecular flexibility index (Phi) is 8.18. The molecule has 0 aliphatic rings. The minimum atomic E-state index is 0.554. The van der Waals surface area contributed by atoms with Gasteiger partial charge in [-0.25, -0.2) is 15.0 Å². The van der Waals surface area contributed by atoms with Gasteiger partial charge in [0.1, 0.15) is 11.2 Å². The average Bonchev–Trinajstić information content (AvgIpc) is 4.05. The highest BCUT2D eigenvalue weighted by molar-refractivity contribution is 6.17. The summed E-state index contributed by atoms with van der Waals surface area (Å²) in [6, 6.07) is 79.1. The van der Waals surface area contributed by atoms with Crippen LogP contribution in [0.2, 0.25) is 0 Å². The van der Waals surface area contributed by atoms with Gasteiger partial charge in [-0.3, -0.25) is 0 Å². The van der Waals surface area contributed by atoms with Crippen molar-refractivity contribution < 1.29 is 4.42 Å². The van der Waals surface area contributed by atoms with Crippen LogP contribution in [0.4, 0.5) is 0 Å². The lowest BCUT2D eigenvalue weighted by atomic mass is 10.0. The summed E-state index contributed by atoms with van der Waals surface area (Å²) in [5, 5.41) is 8.93. The molecule has 0 aliphatic heterocycles. The minimum absolute atomic E-state index is 0.554. The van der Waals surface area contributed by atoms with E-state index in [0.29, 0.717) is 17.5 Å². The van der Waals surface area contributed by atoms with Gasteiger partial charge in [0.05, 0.1) is 33.3 Å². The second-order valence-electron chi connectivity index (χ2n) is 17.2. The first-order valence-corrected chi connectivity index (χ1v) is 22.6. The molecule has 0 N–H and O–H groups in total. The van der Waals surface area contributed by atoms with E-state index < -0.39 is 0 Å². The second kappa shape index (κ2) is 14.7. The van der Waals surface area contributed by atoms with Crippen LogP contribution in [0.3, 0.4) is 0 Å². The number of fused-ring (bicyclic) bond motifs is 10. The Morgan fingerprint density at radius 3 is 1.61 bits per heavy atom. The number of hydrogen-bond donors (Lipinski definition) is 0.